The highest BCUT2D eigenvalue weighted by Gasteiger charge is 2.28. The molecule has 1 saturated heterocycles. The molecule has 1 aliphatic rings. The summed E-state index contributed by atoms with van der Waals surface area (Å²) < 4.78 is 7.26. The van der Waals surface area contributed by atoms with Crippen LogP contribution in [0.1, 0.15) is 31.5 Å². The topological polar surface area (TPSA) is 99.9 Å². The van der Waals surface area contributed by atoms with E-state index >= 15 is 0 Å². The Hall–Kier alpha value is -2.65. The number of nitrogens with zero attached hydrogens (tertiary/aromatic N) is 4. The smallest absolute Gasteiger partial charge is 0.236 e. The molecule has 9 heteroatoms. The van der Waals surface area contributed by atoms with Gasteiger partial charge in [-0.1, -0.05) is 43.8 Å². The van der Waals surface area contributed by atoms with Crippen LogP contribution in [0.2, 0.25) is 0 Å². The number of carbonyl (C=O) groups excluding carboxylic acids is 1. The number of carbonyl (C=O) groups is 1. The Labute approximate surface area is 185 Å². The van der Waals surface area contributed by atoms with E-state index in [0.29, 0.717) is 54.4 Å². The van der Waals surface area contributed by atoms with Crippen LogP contribution >= 0.6 is 11.8 Å². The lowest BCUT2D eigenvalue weighted by Crippen LogP contribution is -2.44. The van der Waals surface area contributed by atoms with E-state index in [1.54, 1.807) is 0 Å². The minimum Gasteiger partial charge on any atom is -0.378 e. The molecule has 3 aromatic rings. The lowest BCUT2D eigenvalue weighted by atomic mass is 10.1. The maximum absolute atomic E-state index is 13.2. The number of nitrogens with one attached hydrogen (secondary N) is 2. The largest absolute Gasteiger partial charge is 0.378 e. The van der Waals surface area contributed by atoms with Crippen LogP contribution in [0.5, 0.6) is 0 Å². The maximum Gasteiger partial charge on any atom is 0.236 e. The lowest BCUT2D eigenvalue weighted by molar-refractivity contribution is -0.134. The van der Waals surface area contributed by atoms with Crippen LogP contribution in [0.4, 0.5) is 0 Å². The number of aryl methyl sites for hydroxylation is 2. The highest BCUT2D eigenvalue weighted by Crippen LogP contribution is 2.29. The van der Waals surface area contributed by atoms with Crippen molar-refractivity contribution >= 4 is 28.7 Å². The van der Waals surface area contributed by atoms with Crippen molar-refractivity contribution in [3.8, 4) is 5.69 Å². The van der Waals surface area contributed by atoms with E-state index < -0.39 is 0 Å². The number of benzene rings is 1. The second-order valence-electron chi connectivity index (χ2n) is 7.56. The first kappa shape index (κ1) is 21.6. The van der Waals surface area contributed by atoms with E-state index in [9.17, 15) is 4.79 Å². The van der Waals surface area contributed by atoms with Crippen molar-refractivity contribution in [3.63, 3.8) is 0 Å². The molecule has 31 heavy (non-hydrogen) atoms. The predicted octanol–water partition coefficient (Wildman–Crippen LogP) is 2.83. The van der Waals surface area contributed by atoms with Crippen LogP contribution in [-0.2, 0) is 16.0 Å². The zero-order valence-electron chi connectivity index (χ0n) is 18.1. The average Bonchev–Trinajstić information content (AvgIpc) is 3.18. The number of aromatic amines is 1. The standard InChI is InChI=1S/C22H28N6O2S/c1-4-15-8-6-7-9-16(15)28-19(23)18-14(3)25-26-20(18)24-22(28)31-17(5-2)21(29)27-10-12-30-13-11-27/h6-9,17,23H,4-5,10-13H2,1-3H3,(H,25,26). The number of amides is 1. The summed E-state index contributed by atoms with van der Waals surface area (Å²) in [6.45, 7) is 8.39. The SMILES string of the molecule is CCc1ccccc1-n1c(SC(CC)C(=O)N2CCOCC2)nc2n[nH]c(C)c2c1=N. The number of morpholine rings is 1. The highest BCUT2D eigenvalue weighted by molar-refractivity contribution is 8.00. The molecule has 0 saturated carbocycles. The number of para-hydroxylation sites is 1. The molecule has 2 N–H and O–H groups in total. The molecule has 1 aliphatic heterocycles. The third-order valence-corrected chi connectivity index (χ3v) is 6.92. The van der Waals surface area contributed by atoms with Gasteiger partial charge in [-0.3, -0.25) is 19.9 Å². The van der Waals surface area contributed by atoms with Crippen LogP contribution in [0, 0.1) is 12.3 Å². The van der Waals surface area contributed by atoms with Crippen molar-refractivity contribution in [3.05, 3.63) is 41.0 Å². The summed E-state index contributed by atoms with van der Waals surface area (Å²) in [6, 6.07) is 8.05. The number of rotatable bonds is 6. The fraction of sp³-hybridized carbons (Fsp3) is 0.455. The molecule has 1 unspecified atom stereocenters. The minimum absolute atomic E-state index is 0.0952. The van der Waals surface area contributed by atoms with Crippen LogP contribution in [-0.4, -0.2) is 62.1 Å². The normalized spacial score (nSPS) is 15.4. The summed E-state index contributed by atoms with van der Waals surface area (Å²) in [5.41, 5.74) is 3.68. The van der Waals surface area contributed by atoms with E-state index in [1.807, 2.05) is 41.5 Å². The number of aromatic nitrogens is 4. The molecule has 1 amide bonds. The first-order chi connectivity index (χ1) is 15.0. The first-order valence-electron chi connectivity index (χ1n) is 10.7. The van der Waals surface area contributed by atoms with Gasteiger partial charge in [0.1, 0.15) is 5.49 Å². The molecule has 1 fully saturated rings. The Morgan fingerprint density at radius 2 is 2.03 bits per heavy atom. The van der Waals surface area contributed by atoms with E-state index in [1.165, 1.54) is 11.8 Å². The summed E-state index contributed by atoms with van der Waals surface area (Å²) >= 11 is 1.42. The van der Waals surface area contributed by atoms with Crippen molar-refractivity contribution < 1.29 is 9.53 Å². The van der Waals surface area contributed by atoms with Gasteiger partial charge in [0.05, 0.1) is 29.5 Å². The van der Waals surface area contributed by atoms with E-state index in [2.05, 4.69) is 23.2 Å². The van der Waals surface area contributed by atoms with Crippen molar-refractivity contribution in [2.24, 2.45) is 0 Å². The van der Waals surface area contributed by atoms with Crippen molar-refractivity contribution in [2.75, 3.05) is 26.3 Å². The van der Waals surface area contributed by atoms with Gasteiger partial charge < -0.3 is 9.64 Å². The van der Waals surface area contributed by atoms with Gasteiger partial charge in [0.15, 0.2) is 10.8 Å². The maximum atomic E-state index is 13.2. The second kappa shape index (κ2) is 9.23. The average molecular weight is 441 g/mol. The van der Waals surface area contributed by atoms with E-state index in [0.717, 1.165) is 23.4 Å². The molecule has 1 aromatic carbocycles. The second-order valence-corrected chi connectivity index (χ2v) is 8.73. The fourth-order valence-corrected chi connectivity index (χ4v) is 4.99. The molecule has 1 atom stereocenters. The van der Waals surface area contributed by atoms with Gasteiger partial charge in [-0.05, 0) is 31.4 Å². The fourth-order valence-electron chi connectivity index (χ4n) is 3.88. The zero-order chi connectivity index (χ0) is 22.0. The van der Waals surface area contributed by atoms with Gasteiger partial charge in [-0.15, -0.1) is 0 Å². The van der Waals surface area contributed by atoms with Gasteiger partial charge in [-0.25, -0.2) is 4.98 Å². The van der Waals surface area contributed by atoms with E-state index in [-0.39, 0.29) is 11.2 Å². The van der Waals surface area contributed by atoms with Gasteiger partial charge in [0.25, 0.3) is 0 Å². The Bertz CT molecular complexity index is 1150. The summed E-state index contributed by atoms with van der Waals surface area (Å²) in [7, 11) is 0. The van der Waals surface area contributed by atoms with Crippen molar-refractivity contribution in [2.45, 2.75) is 44.0 Å². The molecule has 0 spiro atoms. The number of ether oxygens (including phenoxy) is 1. The molecular formula is C22H28N6O2S. The van der Waals surface area contributed by atoms with E-state index in [4.69, 9.17) is 15.1 Å². The Morgan fingerprint density at radius 1 is 1.29 bits per heavy atom. The molecule has 4 rings (SSSR count). The molecule has 3 heterocycles. The van der Waals surface area contributed by atoms with Gasteiger partial charge in [0, 0.05) is 18.8 Å². The first-order valence-corrected chi connectivity index (χ1v) is 11.6. The molecule has 0 radical (unpaired) electrons. The highest BCUT2D eigenvalue weighted by atomic mass is 32.2. The minimum atomic E-state index is -0.289. The molecule has 0 bridgehead atoms. The van der Waals surface area contributed by atoms with Crippen LogP contribution in [0.25, 0.3) is 16.7 Å². The van der Waals surface area contributed by atoms with Gasteiger partial charge in [-0.2, -0.15) is 5.10 Å². The van der Waals surface area contributed by atoms with Crippen molar-refractivity contribution in [1.82, 2.24) is 24.6 Å². The Morgan fingerprint density at radius 3 is 2.74 bits per heavy atom. The molecule has 2 aromatic heterocycles. The number of H-pyrrole nitrogens is 1. The zero-order valence-corrected chi connectivity index (χ0v) is 19.0. The lowest BCUT2D eigenvalue weighted by Gasteiger charge is -2.30. The summed E-state index contributed by atoms with van der Waals surface area (Å²) in [5, 5.41) is 17.2. The van der Waals surface area contributed by atoms with Crippen molar-refractivity contribution in [1.29, 1.82) is 5.41 Å². The van der Waals surface area contributed by atoms with Crippen LogP contribution < -0.4 is 5.49 Å². The van der Waals surface area contributed by atoms with Crippen LogP contribution in [0.15, 0.2) is 29.4 Å². The summed E-state index contributed by atoms with van der Waals surface area (Å²) in [5.74, 6) is 0.0952. The summed E-state index contributed by atoms with van der Waals surface area (Å²) in [6.07, 6.45) is 1.50. The predicted molar refractivity (Wildman–Crippen MR) is 121 cm³/mol. The summed E-state index contributed by atoms with van der Waals surface area (Å²) in [4.78, 5) is 19.9. The Kier molecular flexibility index (Phi) is 6.43. The number of fused-ring (bicyclic) bond motifs is 1. The monoisotopic (exact) mass is 440 g/mol. The number of thioether (sulfide) groups is 1. The molecule has 164 valence electrons. The third-order valence-electron chi connectivity index (χ3n) is 5.61. The third kappa shape index (κ3) is 4.12. The quantitative estimate of drug-likeness (QED) is 0.454. The van der Waals surface area contributed by atoms with Gasteiger partial charge >= 0.3 is 0 Å². The molecule has 0 aliphatic carbocycles. The van der Waals surface area contributed by atoms with Crippen LogP contribution in [0.3, 0.4) is 0 Å². The number of hydrogen-bond acceptors (Lipinski definition) is 6. The Balaban J connectivity index is 1.82. The van der Waals surface area contributed by atoms with Gasteiger partial charge in [0.2, 0.25) is 5.91 Å². The number of hydrogen-bond donors (Lipinski definition) is 2. The molecule has 8 nitrogen and oxygen atoms in total. The molecular weight excluding hydrogens is 412 g/mol.